The summed E-state index contributed by atoms with van der Waals surface area (Å²) in [6.45, 7) is 4.70. The molecule has 0 aromatic rings. The number of hydrogen-bond acceptors (Lipinski definition) is 4. The van der Waals surface area contributed by atoms with Crippen LogP contribution in [0.1, 0.15) is 39.5 Å². The molecular weight excluding hydrogens is 311 g/mol. The Bertz CT molecular complexity index is 476. The number of hydrogen-bond donors (Lipinski definition) is 0. The summed E-state index contributed by atoms with van der Waals surface area (Å²) in [6.07, 6.45) is 10.2. The normalized spacial score (nSPS) is 14.6. The minimum Gasteiger partial charge on any atom is -0.396 e. The highest BCUT2D eigenvalue weighted by Gasteiger charge is 2.28. The molecular formula is C15H22ClO4P. The highest BCUT2D eigenvalue weighted by atomic mass is 35.5. The summed E-state index contributed by atoms with van der Waals surface area (Å²) in [5.74, 6) is 0.237. The predicted octanol–water partition coefficient (Wildman–Crippen LogP) is 5.48. The second-order valence-corrected chi connectivity index (χ2v) is 6.47. The van der Waals surface area contributed by atoms with Crippen molar-refractivity contribution in [3.05, 3.63) is 40.8 Å². The average Bonchev–Trinajstić information content (AvgIpc) is 2.63. The van der Waals surface area contributed by atoms with Crippen LogP contribution < -0.4 is 0 Å². The van der Waals surface area contributed by atoms with Crippen LogP contribution >= 0.6 is 19.4 Å². The molecule has 0 atom stereocenters. The summed E-state index contributed by atoms with van der Waals surface area (Å²) < 4.78 is 28.7. The van der Waals surface area contributed by atoms with E-state index in [4.69, 9.17) is 25.2 Å². The van der Waals surface area contributed by atoms with E-state index in [9.17, 15) is 4.57 Å². The van der Waals surface area contributed by atoms with Crippen molar-refractivity contribution in [3.8, 4) is 0 Å². The molecule has 118 valence electrons. The molecule has 1 aliphatic rings. The first-order chi connectivity index (χ1) is 10.1. The van der Waals surface area contributed by atoms with Crippen LogP contribution in [0.25, 0.3) is 0 Å². The molecule has 0 fully saturated rings. The van der Waals surface area contributed by atoms with Gasteiger partial charge in [0.2, 0.25) is 0 Å². The summed E-state index contributed by atoms with van der Waals surface area (Å²) in [7, 11) is -3.64. The smallest absolute Gasteiger partial charge is 0.396 e. The van der Waals surface area contributed by atoms with Gasteiger partial charge < -0.3 is 4.52 Å². The Labute approximate surface area is 131 Å². The third-order valence-electron chi connectivity index (χ3n) is 2.55. The van der Waals surface area contributed by atoms with Gasteiger partial charge in [-0.05, 0) is 25.0 Å². The molecule has 4 nitrogen and oxygen atoms in total. The van der Waals surface area contributed by atoms with E-state index in [-0.39, 0.29) is 5.76 Å². The summed E-state index contributed by atoms with van der Waals surface area (Å²) in [5, 5.41) is 0.365. The lowest BCUT2D eigenvalue weighted by Crippen LogP contribution is -2.02. The molecule has 0 aromatic carbocycles. The zero-order valence-electron chi connectivity index (χ0n) is 12.5. The Hall–Kier alpha value is -0.760. The van der Waals surface area contributed by atoms with Crippen LogP contribution in [0.5, 0.6) is 0 Å². The molecule has 0 N–H and O–H groups in total. The quantitative estimate of drug-likeness (QED) is 0.302. The lowest BCUT2D eigenvalue weighted by molar-refractivity contribution is 0.135. The summed E-state index contributed by atoms with van der Waals surface area (Å²) >= 11 is 5.90. The first-order valence-corrected chi connectivity index (χ1v) is 9.03. The second-order valence-electron chi connectivity index (χ2n) is 4.47. The third kappa shape index (κ3) is 7.71. The fourth-order valence-corrected chi connectivity index (χ4v) is 2.79. The van der Waals surface area contributed by atoms with Crippen molar-refractivity contribution in [2.24, 2.45) is 0 Å². The lowest BCUT2D eigenvalue weighted by Gasteiger charge is -2.18. The number of unbranched alkanes of at least 4 members (excludes halogenated alkanes) is 2. The van der Waals surface area contributed by atoms with Crippen molar-refractivity contribution in [2.75, 3.05) is 13.2 Å². The van der Waals surface area contributed by atoms with Crippen molar-refractivity contribution >= 4 is 19.4 Å². The molecule has 0 amide bonds. The van der Waals surface area contributed by atoms with Gasteiger partial charge >= 0.3 is 7.82 Å². The minimum absolute atomic E-state index is 0.237. The number of phosphoric acid groups is 1. The maximum Gasteiger partial charge on any atom is 0.530 e. The SMILES string of the molecule is CCCCOP(=O)(OCCCC)OC1=C=C(Cl)C=CC=C1. The Morgan fingerprint density at radius 3 is 2.24 bits per heavy atom. The fourth-order valence-electron chi connectivity index (χ4n) is 1.39. The van der Waals surface area contributed by atoms with Crippen molar-refractivity contribution < 1.29 is 18.1 Å². The number of allylic oxidation sites excluding steroid dienone is 4. The molecule has 6 heteroatoms. The molecule has 0 aliphatic heterocycles. The average molecular weight is 333 g/mol. The topological polar surface area (TPSA) is 44.8 Å². The van der Waals surface area contributed by atoms with Gasteiger partial charge in [0.15, 0.2) is 5.76 Å². The molecule has 21 heavy (non-hydrogen) atoms. The van der Waals surface area contributed by atoms with Crippen LogP contribution in [0, 0.1) is 0 Å². The lowest BCUT2D eigenvalue weighted by atomic mass is 10.4. The van der Waals surface area contributed by atoms with Crippen molar-refractivity contribution in [1.82, 2.24) is 0 Å². The van der Waals surface area contributed by atoms with Crippen molar-refractivity contribution in [3.63, 3.8) is 0 Å². The van der Waals surface area contributed by atoms with E-state index in [1.807, 2.05) is 13.8 Å². The van der Waals surface area contributed by atoms with Crippen molar-refractivity contribution in [2.45, 2.75) is 39.5 Å². The molecule has 0 unspecified atom stereocenters. The molecule has 0 saturated carbocycles. The van der Waals surface area contributed by atoms with Gasteiger partial charge in [-0.2, -0.15) is 0 Å². The van der Waals surface area contributed by atoms with Gasteiger partial charge in [0.25, 0.3) is 0 Å². The fraction of sp³-hybridized carbons (Fsp3) is 0.533. The Balaban J connectivity index is 2.76. The monoisotopic (exact) mass is 332 g/mol. The van der Waals surface area contributed by atoms with Crippen LogP contribution in [0.15, 0.2) is 40.8 Å². The van der Waals surface area contributed by atoms with Gasteiger partial charge in [-0.25, -0.2) is 4.57 Å². The van der Waals surface area contributed by atoms with Crippen LogP contribution in [-0.2, 0) is 18.1 Å². The van der Waals surface area contributed by atoms with E-state index in [1.165, 1.54) is 0 Å². The summed E-state index contributed by atoms with van der Waals surface area (Å²) in [4.78, 5) is 0. The van der Waals surface area contributed by atoms with E-state index >= 15 is 0 Å². The van der Waals surface area contributed by atoms with E-state index in [0.717, 1.165) is 25.7 Å². The predicted molar refractivity (Wildman–Crippen MR) is 85.1 cm³/mol. The van der Waals surface area contributed by atoms with Gasteiger partial charge in [0, 0.05) is 0 Å². The van der Waals surface area contributed by atoms with Crippen LogP contribution in [0.3, 0.4) is 0 Å². The summed E-state index contributed by atoms with van der Waals surface area (Å²) in [6, 6.07) is 0. The first-order valence-electron chi connectivity index (χ1n) is 7.19. The maximum atomic E-state index is 12.6. The molecule has 0 heterocycles. The molecule has 1 rings (SSSR count). The zero-order valence-corrected chi connectivity index (χ0v) is 14.2. The largest absolute Gasteiger partial charge is 0.530 e. The van der Waals surface area contributed by atoms with Gasteiger partial charge in [-0.15, -0.1) is 0 Å². The van der Waals surface area contributed by atoms with Crippen molar-refractivity contribution in [1.29, 1.82) is 0 Å². The minimum atomic E-state index is -3.64. The maximum absolute atomic E-state index is 12.6. The molecule has 0 radical (unpaired) electrons. The van der Waals surface area contributed by atoms with Gasteiger partial charge in [-0.1, -0.05) is 56.2 Å². The first kappa shape index (κ1) is 18.3. The third-order valence-corrected chi connectivity index (χ3v) is 4.19. The van der Waals surface area contributed by atoms with Gasteiger partial charge in [0.1, 0.15) is 0 Å². The highest BCUT2D eigenvalue weighted by molar-refractivity contribution is 7.48. The molecule has 0 saturated heterocycles. The van der Waals surface area contributed by atoms with E-state index in [0.29, 0.717) is 18.2 Å². The van der Waals surface area contributed by atoms with E-state index in [2.05, 4.69) is 5.73 Å². The number of rotatable bonds is 10. The Kier molecular flexibility index (Phi) is 8.75. The molecule has 0 bridgehead atoms. The van der Waals surface area contributed by atoms with Gasteiger partial charge in [-0.3, -0.25) is 9.05 Å². The Morgan fingerprint density at radius 2 is 1.67 bits per heavy atom. The van der Waals surface area contributed by atoms with Gasteiger partial charge in [0.05, 0.1) is 18.2 Å². The highest BCUT2D eigenvalue weighted by Crippen LogP contribution is 2.51. The summed E-state index contributed by atoms with van der Waals surface area (Å²) in [5.41, 5.74) is 2.79. The molecule has 0 spiro atoms. The van der Waals surface area contributed by atoms with Crippen LogP contribution in [0.4, 0.5) is 0 Å². The van der Waals surface area contributed by atoms with Crippen LogP contribution in [0.2, 0.25) is 0 Å². The Morgan fingerprint density at radius 1 is 1.10 bits per heavy atom. The number of phosphoric ester groups is 1. The van der Waals surface area contributed by atoms with E-state index in [1.54, 1.807) is 24.3 Å². The molecule has 1 aliphatic carbocycles. The van der Waals surface area contributed by atoms with E-state index < -0.39 is 7.82 Å². The molecule has 0 aromatic heterocycles. The second kappa shape index (κ2) is 10.0. The zero-order chi connectivity index (χ0) is 15.6. The van der Waals surface area contributed by atoms with Crippen LogP contribution in [-0.4, -0.2) is 13.2 Å². The standard InChI is InChI=1S/C15H22ClO4P/c1-3-5-11-18-21(17,19-12-6-4-2)20-15-10-8-7-9-14(16)13-15/h7-10H,3-6,11-12H2,1-2H3. The number of halogens is 1.